The molecule has 0 aliphatic heterocycles. The zero-order chi connectivity index (χ0) is 27.8. The van der Waals surface area contributed by atoms with Crippen molar-refractivity contribution in [3.8, 4) is 11.1 Å². The minimum atomic E-state index is -4.46. The van der Waals surface area contributed by atoms with E-state index in [9.17, 15) is 22.4 Å². The lowest BCUT2D eigenvalue weighted by molar-refractivity contribution is -0.165. The van der Waals surface area contributed by atoms with Crippen LogP contribution in [-0.4, -0.2) is 37.0 Å². The van der Waals surface area contributed by atoms with Crippen LogP contribution in [0.4, 0.5) is 23.4 Å². The zero-order valence-corrected chi connectivity index (χ0v) is 21.3. The highest BCUT2D eigenvalue weighted by Gasteiger charge is 2.66. The van der Waals surface area contributed by atoms with Gasteiger partial charge in [0.1, 0.15) is 17.1 Å². The lowest BCUT2D eigenvalue weighted by Gasteiger charge is -2.14. The van der Waals surface area contributed by atoms with Gasteiger partial charge in [0.2, 0.25) is 5.91 Å². The Hall–Kier alpha value is -4.09. The number of carbonyl (C=O) groups is 1. The quantitative estimate of drug-likeness (QED) is 0.281. The van der Waals surface area contributed by atoms with E-state index in [4.69, 9.17) is 4.52 Å². The Morgan fingerprint density at radius 2 is 1.87 bits per heavy atom. The summed E-state index contributed by atoms with van der Waals surface area (Å²) in [7, 11) is 0. The van der Waals surface area contributed by atoms with E-state index >= 15 is 0 Å². The molecule has 1 aliphatic carbocycles. The number of amides is 1. The van der Waals surface area contributed by atoms with Crippen molar-refractivity contribution in [1.82, 2.24) is 24.9 Å². The molecule has 1 N–H and O–H groups in total. The standard InChI is InChI=1S/C27H26F4N6O2/c1-16(2)14-37-15-17(11-34-37)7-23-32-12-20(13-33-23)18-3-4-19(21(28)8-18)9-25(38)35-24-10-22(39-36-24)26(5-6-26)27(29,30)31/h3-4,8,10-13,15-16H,5-7,9,14H2,1-2H3,(H,35,36,38). The van der Waals surface area contributed by atoms with Gasteiger partial charge in [-0.15, -0.1) is 0 Å². The van der Waals surface area contributed by atoms with E-state index in [1.807, 2.05) is 10.9 Å². The summed E-state index contributed by atoms with van der Waals surface area (Å²) in [6, 6.07) is 5.47. The third-order valence-corrected chi connectivity index (χ3v) is 6.59. The lowest BCUT2D eigenvalue weighted by Crippen LogP contribution is -2.28. The van der Waals surface area contributed by atoms with Crippen molar-refractivity contribution in [3.05, 3.63) is 77.6 Å². The summed E-state index contributed by atoms with van der Waals surface area (Å²) >= 11 is 0. The van der Waals surface area contributed by atoms with Crippen LogP contribution in [0.1, 0.15) is 49.4 Å². The molecule has 0 atom stereocenters. The molecule has 1 fully saturated rings. The fraction of sp³-hybridized carbons (Fsp3) is 0.370. The summed E-state index contributed by atoms with van der Waals surface area (Å²) in [5.74, 6) is -0.641. The maximum absolute atomic E-state index is 14.8. The molecule has 3 aromatic heterocycles. The average molecular weight is 543 g/mol. The van der Waals surface area contributed by atoms with Crippen molar-refractivity contribution in [3.63, 3.8) is 0 Å². The van der Waals surface area contributed by atoms with Crippen molar-refractivity contribution >= 4 is 11.7 Å². The second-order valence-electron chi connectivity index (χ2n) is 10.2. The molecule has 0 saturated heterocycles. The van der Waals surface area contributed by atoms with Gasteiger partial charge < -0.3 is 9.84 Å². The van der Waals surface area contributed by atoms with Gasteiger partial charge in [-0.05, 0) is 41.5 Å². The summed E-state index contributed by atoms with van der Waals surface area (Å²) in [5.41, 5.74) is 0.217. The van der Waals surface area contributed by atoms with E-state index in [-0.39, 0.29) is 36.4 Å². The van der Waals surface area contributed by atoms with Gasteiger partial charge in [-0.2, -0.15) is 18.3 Å². The Balaban J connectivity index is 1.19. The third-order valence-electron chi connectivity index (χ3n) is 6.59. The second-order valence-corrected chi connectivity index (χ2v) is 10.2. The molecular weight excluding hydrogens is 516 g/mol. The Morgan fingerprint density at radius 3 is 2.51 bits per heavy atom. The number of nitrogens with one attached hydrogen (secondary N) is 1. The minimum Gasteiger partial charge on any atom is -0.358 e. The number of hydrogen-bond acceptors (Lipinski definition) is 6. The van der Waals surface area contributed by atoms with Crippen molar-refractivity contribution in [2.45, 2.75) is 57.7 Å². The van der Waals surface area contributed by atoms with Gasteiger partial charge in [-0.3, -0.25) is 9.48 Å². The number of carbonyl (C=O) groups excluding carboxylic acids is 1. The number of aromatic nitrogens is 5. The monoisotopic (exact) mass is 542 g/mol. The van der Waals surface area contributed by atoms with Gasteiger partial charge in [-0.25, -0.2) is 14.4 Å². The highest BCUT2D eigenvalue weighted by atomic mass is 19.4. The normalized spacial score (nSPS) is 14.5. The van der Waals surface area contributed by atoms with Crippen molar-refractivity contribution in [1.29, 1.82) is 0 Å². The van der Waals surface area contributed by atoms with E-state index in [0.717, 1.165) is 18.2 Å². The average Bonchev–Trinajstić information content (AvgIpc) is 3.40. The zero-order valence-electron chi connectivity index (χ0n) is 21.3. The Kier molecular flexibility index (Phi) is 6.96. The molecule has 12 heteroatoms. The molecule has 39 heavy (non-hydrogen) atoms. The summed E-state index contributed by atoms with van der Waals surface area (Å²) in [5, 5.41) is 10.2. The number of rotatable bonds is 9. The highest BCUT2D eigenvalue weighted by molar-refractivity contribution is 5.91. The second kappa shape index (κ2) is 10.2. The summed E-state index contributed by atoms with van der Waals surface area (Å²) in [4.78, 5) is 21.2. The van der Waals surface area contributed by atoms with Crippen LogP contribution in [0.3, 0.4) is 0 Å². The van der Waals surface area contributed by atoms with Crippen LogP contribution >= 0.6 is 0 Å². The molecule has 0 radical (unpaired) electrons. The molecule has 1 saturated carbocycles. The van der Waals surface area contributed by atoms with Gasteiger partial charge in [0, 0.05) is 43.2 Å². The molecule has 1 aromatic carbocycles. The first-order chi connectivity index (χ1) is 18.5. The summed E-state index contributed by atoms with van der Waals surface area (Å²) in [6.45, 7) is 5.06. The van der Waals surface area contributed by atoms with Crippen LogP contribution < -0.4 is 5.32 Å². The van der Waals surface area contributed by atoms with Crippen molar-refractivity contribution in [2.75, 3.05) is 5.32 Å². The Morgan fingerprint density at radius 1 is 1.13 bits per heavy atom. The van der Waals surface area contributed by atoms with Crippen molar-refractivity contribution < 1.29 is 26.9 Å². The lowest BCUT2D eigenvalue weighted by atomic mass is 10.0. The van der Waals surface area contributed by atoms with Crippen molar-refractivity contribution in [2.24, 2.45) is 5.92 Å². The molecule has 0 spiro atoms. The highest BCUT2D eigenvalue weighted by Crippen LogP contribution is 2.59. The SMILES string of the molecule is CC(C)Cn1cc(Cc2ncc(-c3ccc(CC(=O)Nc4cc(C5(C(F)(F)F)CC5)on4)c(F)c3)cn2)cn1. The first-order valence-electron chi connectivity index (χ1n) is 12.5. The molecule has 1 aliphatic rings. The molecule has 204 valence electrons. The first-order valence-corrected chi connectivity index (χ1v) is 12.5. The van der Waals surface area contributed by atoms with E-state index in [0.29, 0.717) is 29.3 Å². The van der Waals surface area contributed by atoms with Gasteiger partial charge in [-0.1, -0.05) is 31.1 Å². The number of alkyl halides is 3. The van der Waals surface area contributed by atoms with E-state index in [1.165, 1.54) is 12.1 Å². The predicted octanol–water partition coefficient (Wildman–Crippen LogP) is 5.49. The van der Waals surface area contributed by atoms with Crippen LogP contribution in [0.2, 0.25) is 0 Å². The fourth-order valence-electron chi connectivity index (χ4n) is 4.33. The van der Waals surface area contributed by atoms with E-state index < -0.39 is 23.3 Å². The fourth-order valence-corrected chi connectivity index (χ4v) is 4.33. The smallest absolute Gasteiger partial charge is 0.358 e. The molecule has 3 heterocycles. The first kappa shape index (κ1) is 26.5. The van der Waals surface area contributed by atoms with Gasteiger partial charge in [0.05, 0.1) is 12.6 Å². The Bertz CT molecular complexity index is 1470. The number of anilines is 1. The molecule has 8 nitrogen and oxygen atoms in total. The minimum absolute atomic E-state index is 0.0888. The third kappa shape index (κ3) is 5.84. The van der Waals surface area contributed by atoms with Gasteiger partial charge in [0.15, 0.2) is 11.6 Å². The largest absolute Gasteiger partial charge is 0.401 e. The topological polar surface area (TPSA) is 98.7 Å². The maximum Gasteiger partial charge on any atom is 0.401 e. The maximum atomic E-state index is 14.8. The van der Waals surface area contributed by atoms with Gasteiger partial charge >= 0.3 is 6.18 Å². The molecule has 0 bridgehead atoms. The molecule has 1 amide bonds. The van der Waals surface area contributed by atoms with Crippen LogP contribution in [0, 0.1) is 11.7 Å². The molecule has 5 rings (SSSR count). The Labute approximate surface area is 221 Å². The number of halogens is 4. The van der Waals surface area contributed by atoms with Crippen LogP contribution in [0.15, 0.2) is 53.6 Å². The van der Waals surface area contributed by atoms with Gasteiger partial charge in [0.25, 0.3) is 0 Å². The predicted molar refractivity (Wildman–Crippen MR) is 133 cm³/mol. The van der Waals surface area contributed by atoms with Crippen LogP contribution in [-0.2, 0) is 29.6 Å². The summed E-state index contributed by atoms with van der Waals surface area (Å²) in [6.07, 6.45) is 2.52. The molecular formula is C27H26F4N6O2. The molecule has 0 unspecified atom stereocenters. The van der Waals surface area contributed by atoms with Crippen LogP contribution in [0.5, 0.6) is 0 Å². The number of benzene rings is 1. The number of hydrogen-bond donors (Lipinski definition) is 1. The van der Waals surface area contributed by atoms with E-state index in [2.05, 4.69) is 39.4 Å². The van der Waals surface area contributed by atoms with E-state index in [1.54, 1.807) is 24.7 Å². The van der Waals surface area contributed by atoms with Crippen LogP contribution in [0.25, 0.3) is 11.1 Å². The summed E-state index contributed by atoms with van der Waals surface area (Å²) < 4.78 is 61.3. The number of nitrogens with zero attached hydrogens (tertiary/aromatic N) is 5. The molecule has 4 aromatic rings.